The van der Waals surface area contributed by atoms with Crippen LogP contribution in [0.15, 0.2) is 42.5 Å². The lowest BCUT2D eigenvalue weighted by molar-refractivity contribution is 0.146. The summed E-state index contributed by atoms with van der Waals surface area (Å²) in [5, 5.41) is 3.91. The van der Waals surface area contributed by atoms with Gasteiger partial charge in [0.05, 0.1) is 18.7 Å². The van der Waals surface area contributed by atoms with E-state index in [0.717, 1.165) is 17.0 Å². The van der Waals surface area contributed by atoms with E-state index in [0.29, 0.717) is 30.5 Å². The van der Waals surface area contributed by atoms with E-state index in [9.17, 15) is 0 Å². The largest absolute Gasteiger partial charge is 0.495 e. The average molecular weight is 322 g/mol. The Hall–Kier alpha value is -1.91. The normalized spacial score (nSPS) is 10.3. The van der Waals surface area contributed by atoms with E-state index in [-0.39, 0.29) is 0 Å². The van der Waals surface area contributed by atoms with Gasteiger partial charge < -0.3 is 19.5 Å². The highest BCUT2D eigenvalue weighted by Crippen LogP contribution is 2.28. The van der Waals surface area contributed by atoms with Gasteiger partial charge in [-0.2, -0.15) is 0 Å². The van der Waals surface area contributed by atoms with Crippen molar-refractivity contribution in [3.05, 3.63) is 53.1 Å². The molecule has 0 heterocycles. The van der Waals surface area contributed by atoms with Crippen molar-refractivity contribution >= 4 is 17.3 Å². The molecule has 1 N–H and O–H groups in total. The van der Waals surface area contributed by atoms with Crippen LogP contribution in [0.25, 0.3) is 0 Å². The fourth-order valence-corrected chi connectivity index (χ4v) is 2.26. The average Bonchev–Trinajstić information content (AvgIpc) is 2.54. The number of benzene rings is 2. The molecule has 0 amide bonds. The van der Waals surface area contributed by atoms with E-state index >= 15 is 0 Å². The van der Waals surface area contributed by atoms with E-state index in [1.807, 2.05) is 42.5 Å². The molecule has 0 aromatic heterocycles. The first-order chi connectivity index (χ1) is 10.7. The Morgan fingerprint density at radius 3 is 2.55 bits per heavy atom. The zero-order valence-corrected chi connectivity index (χ0v) is 13.5. The Morgan fingerprint density at radius 1 is 1.00 bits per heavy atom. The fraction of sp³-hybridized carbons (Fsp3) is 0.294. The van der Waals surface area contributed by atoms with Crippen molar-refractivity contribution in [1.82, 2.24) is 0 Å². The van der Waals surface area contributed by atoms with Gasteiger partial charge in [-0.3, -0.25) is 0 Å². The summed E-state index contributed by atoms with van der Waals surface area (Å²) in [6, 6.07) is 13.5. The second kappa shape index (κ2) is 8.51. The summed E-state index contributed by atoms with van der Waals surface area (Å²) in [7, 11) is 3.26. The number of anilines is 1. The summed E-state index contributed by atoms with van der Waals surface area (Å²) in [4.78, 5) is 0. The summed E-state index contributed by atoms with van der Waals surface area (Å²) in [6.07, 6.45) is 0. The van der Waals surface area contributed by atoms with Gasteiger partial charge in [-0.1, -0.05) is 29.8 Å². The van der Waals surface area contributed by atoms with Crippen molar-refractivity contribution in [2.24, 2.45) is 0 Å². The molecule has 4 nitrogen and oxygen atoms in total. The zero-order chi connectivity index (χ0) is 15.8. The SMILES string of the molecule is COCCOc1ccccc1CNc1ccc(OC)c(Cl)c1. The summed E-state index contributed by atoms with van der Waals surface area (Å²) < 4.78 is 15.9. The maximum atomic E-state index is 6.12. The highest BCUT2D eigenvalue weighted by Gasteiger charge is 2.05. The van der Waals surface area contributed by atoms with E-state index in [2.05, 4.69) is 5.32 Å². The first-order valence-electron chi connectivity index (χ1n) is 7.01. The lowest BCUT2D eigenvalue weighted by atomic mass is 10.2. The van der Waals surface area contributed by atoms with Crippen LogP contribution >= 0.6 is 11.6 Å². The number of hydrogen-bond acceptors (Lipinski definition) is 4. The smallest absolute Gasteiger partial charge is 0.137 e. The molecule has 22 heavy (non-hydrogen) atoms. The number of rotatable bonds is 8. The molecular weight excluding hydrogens is 302 g/mol. The highest BCUT2D eigenvalue weighted by atomic mass is 35.5. The molecule has 0 spiro atoms. The predicted octanol–water partition coefficient (Wildman–Crippen LogP) is 3.99. The fourth-order valence-electron chi connectivity index (χ4n) is 2.00. The minimum atomic E-state index is 0.530. The van der Waals surface area contributed by atoms with Crippen molar-refractivity contribution in [2.75, 3.05) is 32.8 Å². The summed E-state index contributed by atoms with van der Waals surface area (Å²) in [5.41, 5.74) is 2.00. The molecule has 2 aromatic rings. The monoisotopic (exact) mass is 321 g/mol. The second-order valence-corrected chi connectivity index (χ2v) is 5.06. The van der Waals surface area contributed by atoms with Gasteiger partial charge in [0.15, 0.2) is 0 Å². The Bertz CT molecular complexity index is 604. The van der Waals surface area contributed by atoms with E-state index in [4.69, 9.17) is 25.8 Å². The lowest BCUT2D eigenvalue weighted by Gasteiger charge is -2.13. The number of para-hydroxylation sites is 1. The van der Waals surface area contributed by atoms with Crippen LogP contribution in [-0.4, -0.2) is 27.4 Å². The zero-order valence-electron chi connectivity index (χ0n) is 12.8. The molecule has 2 rings (SSSR count). The van der Waals surface area contributed by atoms with Crippen molar-refractivity contribution in [1.29, 1.82) is 0 Å². The van der Waals surface area contributed by atoms with Gasteiger partial charge in [-0.05, 0) is 24.3 Å². The number of nitrogens with one attached hydrogen (secondary N) is 1. The van der Waals surface area contributed by atoms with Crippen LogP contribution in [0.5, 0.6) is 11.5 Å². The van der Waals surface area contributed by atoms with Gasteiger partial charge in [-0.15, -0.1) is 0 Å². The van der Waals surface area contributed by atoms with Crippen LogP contribution < -0.4 is 14.8 Å². The highest BCUT2D eigenvalue weighted by molar-refractivity contribution is 6.32. The molecule has 0 unspecified atom stereocenters. The van der Waals surface area contributed by atoms with Gasteiger partial charge in [0.25, 0.3) is 0 Å². The van der Waals surface area contributed by atoms with E-state index < -0.39 is 0 Å². The maximum Gasteiger partial charge on any atom is 0.137 e. The Labute approximate surface area is 136 Å². The maximum absolute atomic E-state index is 6.12. The van der Waals surface area contributed by atoms with Crippen molar-refractivity contribution in [3.8, 4) is 11.5 Å². The van der Waals surface area contributed by atoms with Crippen molar-refractivity contribution < 1.29 is 14.2 Å². The molecule has 0 bridgehead atoms. The third kappa shape index (κ3) is 4.55. The van der Waals surface area contributed by atoms with Crippen LogP contribution in [0.2, 0.25) is 5.02 Å². The lowest BCUT2D eigenvalue weighted by Crippen LogP contribution is -2.07. The Balaban J connectivity index is 2.00. The van der Waals surface area contributed by atoms with Crippen LogP contribution in [0.1, 0.15) is 5.56 Å². The van der Waals surface area contributed by atoms with Crippen molar-refractivity contribution in [3.63, 3.8) is 0 Å². The Kier molecular flexibility index (Phi) is 6.37. The van der Waals surface area contributed by atoms with Crippen LogP contribution in [0.4, 0.5) is 5.69 Å². The molecular formula is C17H20ClNO3. The molecule has 0 aliphatic carbocycles. The first-order valence-corrected chi connectivity index (χ1v) is 7.39. The Morgan fingerprint density at radius 2 is 1.82 bits per heavy atom. The van der Waals surface area contributed by atoms with Gasteiger partial charge in [-0.25, -0.2) is 0 Å². The quantitative estimate of drug-likeness (QED) is 0.746. The summed E-state index contributed by atoms with van der Waals surface area (Å²) in [6.45, 7) is 1.74. The standard InChI is InChI=1S/C17H20ClNO3/c1-20-9-10-22-16-6-4-3-5-13(16)12-19-14-7-8-17(21-2)15(18)11-14/h3-8,11,19H,9-10,12H2,1-2H3. The summed E-state index contributed by atoms with van der Waals surface area (Å²) >= 11 is 6.12. The molecule has 118 valence electrons. The predicted molar refractivity (Wildman–Crippen MR) is 89.1 cm³/mol. The number of methoxy groups -OCH3 is 2. The van der Waals surface area contributed by atoms with Crippen LogP contribution in [0, 0.1) is 0 Å². The first kappa shape index (κ1) is 16.5. The van der Waals surface area contributed by atoms with Gasteiger partial charge in [0.2, 0.25) is 0 Å². The van der Waals surface area contributed by atoms with Gasteiger partial charge in [0, 0.05) is 24.9 Å². The minimum Gasteiger partial charge on any atom is -0.495 e. The topological polar surface area (TPSA) is 39.7 Å². The van der Waals surface area contributed by atoms with Crippen LogP contribution in [0.3, 0.4) is 0 Å². The molecule has 0 saturated carbocycles. The molecule has 0 radical (unpaired) electrons. The molecule has 0 fully saturated rings. The number of ether oxygens (including phenoxy) is 3. The van der Waals surface area contributed by atoms with Crippen LogP contribution in [-0.2, 0) is 11.3 Å². The summed E-state index contributed by atoms with van der Waals surface area (Å²) in [5.74, 6) is 1.52. The molecule has 0 atom stereocenters. The van der Waals surface area contributed by atoms with Crippen molar-refractivity contribution in [2.45, 2.75) is 6.54 Å². The van der Waals surface area contributed by atoms with Gasteiger partial charge >= 0.3 is 0 Å². The molecule has 2 aromatic carbocycles. The molecule has 5 heteroatoms. The molecule has 0 aliphatic heterocycles. The molecule has 0 saturated heterocycles. The third-order valence-electron chi connectivity index (χ3n) is 3.15. The number of halogens is 1. The van der Waals surface area contributed by atoms with Gasteiger partial charge in [0.1, 0.15) is 18.1 Å². The molecule has 0 aliphatic rings. The third-order valence-corrected chi connectivity index (χ3v) is 3.45. The van der Waals surface area contributed by atoms with E-state index in [1.165, 1.54) is 0 Å². The van der Waals surface area contributed by atoms with E-state index in [1.54, 1.807) is 14.2 Å². The number of hydrogen-bond donors (Lipinski definition) is 1. The second-order valence-electron chi connectivity index (χ2n) is 4.65. The minimum absolute atomic E-state index is 0.530.